The fourth-order valence-electron chi connectivity index (χ4n) is 3.34. The molecule has 2 aromatic carbocycles. The molecule has 2 unspecified atom stereocenters. The molecule has 2 aromatic rings. The average molecular weight is 382 g/mol. The first-order chi connectivity index (χ1) is 13.6. The van der Waals surface area contributed by atoms with Crippen LogP contribution in [0.15, 0.2) is 60.7 Å². The number of hydrogen-bond donors (Lipinski definition) is 2. The number of carbonyl (C=O) groups is 2. The zero-order valence-corrected chi connectivity index (χ0v) is 15.8. The Balaban J connectivity index is 1.53. The van der Waals surface area contributed by atoms with Gasteiger partial charge in [0, 0.05) is 12.1 Å². The minimum Gasteiger partial charge on any atom is -0.445 e. The molecule has 0 aliphatic carbocycles. The maximum absolute atomic E-state index is 12.5. The van der Waals surface area contributed by atoms with Gasteiger partial charge in [-0.3, -0.25) is 9.69 Å². The van der Waals surface area contributed by atoms with Crippen molar-refractivity contribution in [2.45, 2.75) is 31.6 Å². The molecule has 0 radical (unpaired) electrons. The Labute approximate surface area is 165 Å². The lowest BCUT2D eigenvalue weighted by molar-refractivity contribution is 0.0858. The molecule has 28 heavy (non-hydrogen) atoms. The second kappa shape index (κ2) is 10.0. The molecule has 148 valence electrons. The quantitative estimate of drug-likeness (QED) is 0.751. The zero-order valence-electron chi connectivity index (χ0n) is 15.8. The van der Waals surface area contributed by atoms with Gasteiger partial charge in [0.05, 0.1) is 18.7 Å². The second-order valence-electron chi connectivity index (χ2n) is 7.05. The number of hydrogen-bond acceptors (Lipinski definition) is 5. The van der Waals surface area contributed by atoms with Crippen LogP contribution in [0.2, 0.25) is 0 Å². The number of nitrogens with one attached hydrogen (secondary N) is 1. The Morgan fingerprint density at radius 3 is 2.46 bits per heavy atom. The molecule has 0 saturated carbocycles. The van der Waals surface area contributed by atoms with E-state index >= 15 is 0 Å². The summed E-state index contributed by atoms with van der Waals surface area (Å²) in [6, 6.07) is 18.1. The van der Waals surface area contributed by atoms with E-state index < -0.39 is 18.2 Å². The molecule has 0 spiro atoms. The number of benzene rings is 2. The highest BCUT2D eigenvalue weighted by Gasteiger charge is 2.28. The van der Waals surface area contributed by atoms with E-state index in [9.17, 15) is 14.7 Å². The number of aliphatic hydroxyl groups is 1. The van der Waals surface area contributed by atoms with Crippen LogP contribution >= 0.6 is 0 Å². The highest BCUT2D eigenvalue weighted by atomic mass is 16.5. The molecule has 2 atom stereocenters. The Hall–Kier alpha value is -2.70. The fraction of sp³-hybridized carbons (Fsp3) is 0.364. The minimum atomic E-state index is -0.666. The number of alkyl carbamates (subject to hydrolysis) is 1. The maximum atomic E-state index is 12.5. The van der Waals surface area contributed by atoms with Crippen molar-refractivity contribution in [3.63, 3.8) is 0 Å². The summed E-state index contributed by atoms with van der Waals surface area (Å²) < 4.78 is 5.26. The van der Waals surface area contributed by atoms with Crippen LogP contribution in [-0.2, 0) is 11.3 Å². The Kier molecular flexibility index (Phi) is 7.17. The third-order valence-corrected chi connectivity index (χ3v) is 4.87. The topological polar surface area (TPSA) is 78.9 Å². The third kappa shape index (κ3) is 5.90. The molecule has 1 aliphatic rings. The predicted molar refractivity (Wildman–Crippen MR) is 106 cm³/mol. The number of nitrogens with zero attached hydrogens (tertiary/aromatic N) is 1. The molecular weight excluding hydrogens is 356 g/mol. The van der Waals surface area contributed by atoms with Gasteiger partial charge in [-0.25, -0.2) is 4.79 Å². The van der Waals surface area contributed by atoms with Crippen LogP contribution in [0.4, 0.5) is 4.79 Å². The Bertz CT molecular complexity index is 767. The summed E-state index contributed by atoms with van der Waals surface area (Å²) in [5.74, 6) is 0.0300. The standard InChI is InChI=1S/C22H26N2O4/c25-20-12-7-13-24(15-21(26)18-10-5-2-6-11-18)14-19(20)23-22(27)28-16-17-8-3-1-4-9-17/h1-6,8-11,19-20,25H,7,12-16H2,(H,23,27). The van der Waals surface area contributed by atoms with Gasteiger partial charge >= 0.3 is 6.09 Å². The number of amides is 1. The molecule has 1 heterocycles. The van der Waals surface area contributed by atoms with Crippen molar-refractivity contribution < 1.29 is 19.4 Å². The number of ether oxygens (including phenoxy) is 1. The summed E-state index contributed by atoms with van der Waals surface area (Å²) in [6.07, 6.45) is 0.102. The van der Waals surface area contributed by atoms with Crippen LogP contribution in [0.1, 0.15) is 28.8 Å². The summed E-state index contributed by atoms with van der Waals surface area (Å²) in [5, 5.41) is 13.1. The highest BCUT2D eigenvalue weighted by molar-refractivity contribution is 5.97. The van der Waals surface area contributed by atoms with E-state index in [-0.39, 0.29) is 18.9 Å². The lowest BCUT2D eigenvalue weighted by Crippen LogP contribution is -2.49. The maximum Gasteiger partial charge on any atom is 0.407 e. The number of rotatable bonds is 6. The molecule has 2 N–H and O–H groups in total. The molecule has 0 aromatic heterocycles. The SMILES string of the molecule is O=C(NC1CN(CC(=O)c2ccccc2)CCCC1O)OCc1ccccc1. The van der Waals surface area contributed by atoms with E-state index in [2.05, 4.69) is 5.32 Å². The van der Waals surface area contributed by atoms with Crippen LogP contribution in [-0.4, -0.2) is 53.7 Å². The highest BCUT2D eigenvalue weighted by Crippen LogP contribution is 2.13. The van der Waals surface area contributed by atoms with Crippen molar-refractivity contribution in [2.75, 3.05) is 19.6 Å². The molecule has 6 nitrogen and oxygen atoms in total. The van der Waals surface area contributed by atoms with Gasteiger partial charge in [-0.15, -0.1) is 0 Å². The summed E-state index contributed by atoms with van der Waals surface area (Å²) >= 11 is 0. The Morgan fingerprint density at radius 2 is 1.75 bits per heavy atom. The number of ketones is 1. The van der Waals surface area contributed by atoms with Gasteiger partial charge in [0.25, 0.3) is 0 Å². The average Bonchev–Trinajstić information content (AvgIpc) is 2.89. The molecule has 1 amide bonds. The number of aliphatic hydroxyl groups excluding tert-OH is 1. The van der Waals surface area contributed by atoms with Crippen LogP contribution < -0.4 is 5.32 Å². The molecule has 6 heteroatoms. The number of likely N-dealkylation sites (tertiary alicyclic amines) is 1. The molecule has 1 aliphatic heterocycles. The van der Waals surface area contributed by atoms with Crippen molar-refractivity contribution in [3.8, 4) is 0 Å². The minimum absolute atomic E-state index is 0.0300. The fourth-order valence-corrected chi connectivity index (χ4v) is 3.34. The van der Waals surface area contributed by atoms with E-state index in [1.54, 1.807) is 12.1 Å². The largest absolute Gasteiger partial charge is 0.445 e. The zero-order chi connectivity index (χ0) is 19.8. The predicted octanol–water partition coefficient (Wildman–Crippen LogP) is 2.62. The van der Waals surface area contributed by atoms with Crippen LogP contribution in [0.3, 0.4) is 0 Å². The van der Waals surface area contributed by atoms with Crippen molar-refractivity contribution >= 4 is 11.9 Å². The third-order valence-electron chi connectivity index (χ3n) is 4.87. The van der Waals surface area contributed by atoms with Crippen LogP contribution in [0.25, 0.3) is 0 Å². The van der Waals surface area contributed by atoms with E-state index in [1.165, 1.54) is 0 Å². The van der Waals surface area contributed by atoms with Crippen molar-refractivity contribution in [2.24, 2.45) is 0 Å². The molecular formula is C22H26N2O4. The van der Waals surface area contributed by atoms with Crippen LogP contribution in [0.5, 0.6) is 0 Å². The summed E-state index contributed by atoms with van der Waals surface area (Å²) in [6.45, 7) is 1.53. The van der Waals surface area contributed by atoms with Gasteiger partial charge in [-0.05, 0) is 24.9 Å². The summed E-state index contributed by atoms with van der Waals surface area (Å²) in [5.41, 5.74) is 1.56. The van der Waals surface area contributed by atoms with Crippen molar-refractivity contribution in [3.05, 3.63) is 71.8 Å². The normalized spacial score (nSPS) is 20.2. The van der Waals surface area contributed by atoms with Crippen molar-refractivity contribution in [1.29, 1.82) is 0 Å². The van der Waals surface area contributed by atoms with Gasteiger partial charge in [0.15, 0.2) is 5.78 Å². The summed E-state index contributed by atoms with van der Waals surface area (Å²) in [4.78, 5) is 26.6. The van der Waals surface area contributed by atoms with E-state index in [0.29, 0.717) is 25.1 Å². The first-order valence-corrected chi connectivity index (χ1v) is 9.57. The lowest BCUT2D eigenvalue weighted by Gasteiger charge is -2.26. The number of carbonyl (C=O) groups excluding carboxylic acids is 2. The smallest absolute Gasteiger partial charge is 0.407 e. The molecule has 1 saturated heterocycles. The van der Waals surface area contributed by atoms with E-state index in [0.717, 1.165) is 12.0 Å². The van der Waals surface area contributed by atoms with Gasteiger partial charge in [0.2, 0.25) is 0 Å². The van der Waals surface area contributed by atoms with Gasteiger partial charge < -0.3 is 15.2 Å². The number of Topliss-reactive ketones (excluding diaryl/α,β-unsaturated/α-hetero) is 1. The second-order valence-corrected chi connectivity index (χ2v) is 7.05. The lowest BCUT2D eigenvalue weighted by atomic mass is 10.1. The van der Waals surface area contributed by atoms with E-state index in [4.69, 9.17) is 4.74 Å². The molecule has 3 rings (SSSR count). The van der Waals surface area contributed by atoms with Gasteiger partial charge in [-0.1, -0.05) is 60.7 Å². The first kappa shape index (κ1) is 20.0. The summed E-state index contributed by atoms with van der Waals surface area (Å²) in [7, 11) is 0. The molecule has 1 fully saturated rings. The monoisotopic (exact) mass is 382 g/mol. The first-order valence-electron chi connectivity index (χ1n) is 9.57. The van der Waals surface area contributed by atoms with Gasteiger partial charge in [-0.2, -0.15) is 0 Å². The van der Waals surface area contributed by atoms with Gasteiger partial charge in [0.1, 0.15) is 6.61 Å². The van der Waals surface area contributed by atoms with Crippen LogP contribution in [0, 0.1) is 0 Å². The van der Waals surface area contributed by atoms with Crippen molar-refractivity contribution in [1.82, 2.24) is 10.2 Å². The molecule has 0 bridgehead atoms. The van der Waals surface area contributed by atoms with E-state index in [1.807, 2.05) is 53.4 Å². The Morgan fingerprint density at radius 1 is 1.07 bits per heavy atom.